The third-order valence-corrected chi connectivity index (χ3v) is 6.26. The van der Waals surface area contributed by atoms with Crippen LogP contribution in [0.1, 0.15) is 22.9 Å². The summed E-state index contributed by atoms with van der Waals surface area (Å²) < 4.78 is 7.91. The van der Waals surface area contributed by atoms with Gasteiger partial charge in [0, 0.05) is 34.5 Å². The fraction of sp³-hybridized carbons (Fsp3) is 0.412. The standard InChI is InChI=1S/C17H20Br2N2OS/c1-22-14-4-3-12(18)11-13(14)17(15-5-6-16(19)23-15)21-9-2-7-20-8-10-21/h3-6,11,17,20H,2,7-10H2,1H3. The summed E-state index contributed by atoms with van der Waals surface area (Å²) in [5.74, 6) is 0.944. The van der Waals surface area contributed by atoms with Gasteiger partial charge in [0.2, 0.25) is 0 Å². The van der Waals surface area contributed by atoms with Gasteiger partial charge in [0.15, 0.2) is 0 Å². The average Bonchev–Trinajstić information content (AvgIpc) is 2.80. The zero-order chi connectivity index (χ0) is 16.2. The van der Waals surface area contributed by atoms with Crippen LogP contribution in [0.3, 0.4) is 0 Å². The van der Waals surface area contributed by atoms with Crippen LogP contribution in [-0.2, 0) is 0 Å². The second-order valence-electron chi connectivity index (χ2n) is 5.57. The highest BCUT2D eigenvalue weighted by atomic mass is 79.9. The summed E-state index contributed by atoms with van der Waals surface area (Å²) in [6.07, 6.45) is 1.17. The largest absolute Gasteiger partial charge is 0.496 e. The van der Waals surface area contributed by atoms with Crippen molar-refractivity contribution in [2.24, 2.45) is 0 Å². The van der Waals surface area contributed by atoms with Crippen molar-refractivity contribution >= 4 is 43.2 Å². The number of benzene rings is 1. The normalized spacial score (nSPS) is 17.7. The molecule has 3 nitrogen and oxygen atoms in total. The van der Waals surface area contributed by atoms with E-state index in [0.717, 1.165) is 36.4 Å². The molecule has 1 unspecified atom stereocenters. The molecule has 1 aliphatic heterocycles. The van der Waals surface area contributed by atoms with Crippen molar-refractivity contribution in [2.75, 3.05) is 33.3 Å². The molecule has 0 spiro atoms. The molecule has 2 heterocycles. The molecular formula is C17H20Br2N2OS. The van der Waals surface area contributed by atoms with Crippen molar-refractivity contribution in [2.45, 2.75) is 12.5 Å². The minimum atomic E-state index is 0.221. The Morgan fingerprint density at radius 2 is 2.04 bits per heavy atom. The van der Waals surface area contributed by atoms with E-state index in [2.05, 4.69) is 60.3 Å². The maximum atomic E-state index is 5.66. The minimum absolute atomic E-state index is 0.221. The summed E-state index contributed by atoms with van der Waals surface area (Å²) in [4.78, 5) is 3.90. The molecule has 1 atom stereocenters. The minimum Gasteiger partial charge on any atom is -0.496 e. The topological polar surface area (TPSA) is 24.5 Å². The Morgan fingerprint density at radius 1 is 1.17 bits per heavy atom. The van der Waals surface area contributed by atoms with Crippen LogP contribution in [0, 0.1) is 0 Å². The van der Waals surface area contributed by atoms with Crippen molar-refractivity contribution in [1.82, 2.24) is 10.2 Å². The number of halogens is 2. The summed E-state index contributed by atoms with van der Waals surface area (Å²) >= 11 is 9.03. The predicted octanol–water partition coefficient (Wildman–Crippen LogP) is 4.67. The molecule has 3 rings (SSSR count). The van der Waals surface area contributed by atoms with Crippen LogP contribution in [0.5, 0.6) is 5.75 Å². The van der Waals surface area contributed by atoms with Gasteiger partial charge in [-0.2, -0.15) is 0 Å². The van der Waals surface area contributed by atoms with Gasteiger partial charge < -0.3 is 10.1 Å². The molecule has 1 fully saturated rings. The highest BCUT2D eigenvalue weighted by Gasteiger charge is 2.27. The molecule has 0 saturated carbocycles. The molecule has 1 aliphatic rings. The van der Waals surface area contributed by atoms with Crippen LogP contribution in [-0.4, -0.2) is 38.2 Å². The van der Waals surface area contributed by atoms with Crippen LogP contribution < -0.4 is 10.1 Å². The van der Waals surface area contributed by atoms with Crippen LogP contribution in [0.15, 0.2) is 38.6 Å². The van der Waals surface area contributed by atoms with E-state index < -0.39 is 0 Å². The summed E-state index contributed by atoms with van der Waals surface area (Å²) in [7, 11) is 1.75. The van der Waals surface area contributed by atoms with Crippen molar-refractivity contribution in [3.8, 4) is 5.75 Å². The van der Waals surface area contributed by atoms with Crippen molar-refractivity contribution < 1.29 is 4.74 Å². The van der Waals surface area contributed by atoms with E-state index in [1.54, 1.807) is 18.4 Å². The third kappa shape index (κ3) is 4.17. The summed E-state index contributed by atoms with van der Waals surface area (Å²) in [6.45, 7) is 4.24. The van der Waals surface area contributed by atoms with Gasteiger partial charge in [-0.15, -0.1) is 11.3 Å². The third-order valence-electron chi connectivity index (χ3n) is 4.09. The number of ether oxygens (including phenoxy) is 1. The molecule has 0 amide bonds. The van der Waals surface area contributed by atoms with Gasteiger partial charge in [0.05, 0.1) is 16.9 Å². The molecule has 0 bridgehead atoms. The van der Waals surface area contributed by atoms with Gasteiger partial charge in [-0.05, 0) is 59.2 Å². The molecular weight excluding hydrogens is 440 g/mol. The SMILES string of the molecule is COc1ccc(Br)cc1C(c1ccc(Br)s1)N1CCCNCC1. The second-order valence-corrected chi connectivity index (χ2v) is 8.98. The number of nitrogens with zero attached hydrogens (tertiary/aromatic N) is 1. The highest BCUT2D eigenvalue weighted by Crippen LogP contribution is 2.40. The number of methoxy groups -OCH3 is 1. The second kappa shape index (κ2) is 8.12. The quantitative estimate of drug-likeness (QED) is 0.719. The van der Waals surface area contributed by atoms with E-state index in [-0.39, 0.29) is 6.04 Å². The molecule has 124 valence electrons. The fourth-order valence-electron chi connectivity index (χ4n) is 3.05. The Hall–Kier alpha value is -0.400. The zero-order valence-electron chi connectivity index (χ0n) is 13.0. The predicted molar refractivity (Wildman–Crippen MR) is 104 cm³/mol. The molecule has 1 N–H and O–H groups in total. The summed E-state index contributed by atoms with van der Waals surface area (Å²) in [5.41, 5.74) is 1.22. The van der Waals surface area contributed by atoms with E-state index in [0.29, 0.717) is 0 Å². The number of hydrogen-bond acceptors (Lipinski definition) is 4. The Kier molecular flexibility index (Phi) is 6.15. The van der Waals surface area contributed by atoms with Crippen molar-refractivity contribution in [1.29, 1.82) is 0 Å². The van der Waals surface area contributed by atoms with Gasteiger partial charge in [0.1, 0.15) is 5.75 Å². The average molecular weight is 460 g/mol. The molecule has 2 aromatic rings. The lowest BCUT2D eigenvalue weighted by Crippen LogP contribution is -2.32. The smallest absolute Gasteiger partial charge is 0.124 e. The first-order valence-electron chi connectivity index (χ1n) is 7.72. The fourth-order valence-corrected chi connectivity index (χ4v) is 5.01. The van der Waals surface area contributed by atoms with Crippen LogP contribution >= 0.6 is 43.2 Å². The Labute approximate surface area is 158 Å². The number of thiophene rings is 1. The lowest BCUT2D eigenvalue weighted by molar-refractivity contribution is 0.239. The van der Waals surface area contributed by atoms with Gasteiger partial charge in [-0.3, -0.25) is 4.90 Å². The lowest BCUT2D eigenvalue weighted by atomic mass is 10.0. The van der Waals surface area contributed by atoms with E-state index in [9.17, 15) is 0 Å². The zero-order valence-corrected chi connectivity index (χ0v) is 17.0. The van der Waals surface area contributed by atoms with Gasteiger partial charge in [-0.1, -0.05) is 15.9 Å². The van der Waals surface area contributed by atoms with Gasteiger partial charge in [-0.25, -0.2) is 0 Å². The van der Waals surface area contributed by atoms with E-state index in [1.165, 1.54) is 20.6 Å². The monoisotopic (exact) mass is 458 g/mol. The molecule has 1 aromatic heterocycles. The number of nitrogens with one attached hydrogen (secondary N) is 1. The Morgan fingerprint density at radius 3 is 2.78 bits per heavy atom. The van der Waals surface area contributed by atoms with Crippen LogP contribution in [0.4, 0.5) is 0 Å². The molecule has 1 aromatic carbocycles. The lowest BCUT2D eigenvalue weighted by Gasteiger charge is -2.31. The molecule has 23 heavy (non-hydrogen) atoms. The first-order chi connectivity index (χ1) is 11.2. The summed E-state index contributed by atoms with van der Waals surface area (Å²) in [5, 5.41) is 3.49. The Bertz CT molecular complexity index is 654. The Balaban J connectivity index is 2.05. The number of rotatable bonds is 4. The molecule has 1 saturated heterocycles. The van der Waals surface area contributed by atoms with Crippen molar-refractivity contribution in [3.05, 3.63) is 49.0 Å². The van der Waals surface area contributed by atoms with E-state index in [4.69, 9.17) is 4.74 Å². The molecule has 6 heteroatoms. The number of hydrogen-bond donors (Lipinski definition) is 1. The first kappa shape index (κ1) is 17.4. The molecule has 0 aliphatic carbocycles. The van der Waals surface area contributed by atoms with E-state index in [1.807, 2.05) is 12.1 Å². The molecule has 0 radical (unpaired) electrons. The first-order valence-corrected chi connectivity index (χ1v) is 10.1. The van der Waals surface area contributed by atoms with E-state index >= 15 is 0 Å². The maximum absolute atomic E-state index is 5.66. The van der Waals surface area contributed by atoms with Crippen LogP contribution in [0.2, 0.25) is 0 Å². The van der Waals surface area contributed by atoms with Crippen LogP contribution in [0.25, 0.3) is 0 Å². The highest BCUT2D eigenvalue weighted by molar-refractivity contribution is 9.11. The maximum Gasteiger partial charge on any atom is 0.124 e. The summed E-state index contributed by atoms with van der Waals surface area (Å²) in [6, 6.07) is 10.8. The van der Waals surface area contributed by atoms with Gasteiger partial charge in [0.25, 0.3) is 0 Å². The van der Waals surface area contributed by atoms with Crippen molar-refractivity contribution in [3.63, 3.8) is 0 Å². The van der Waals surface area contributed by atoms with Gasteiger partial charge >= 0.3 is 0 Å².